The zero-order valence-electron chi connectivity index (χ0n) is 6.05. The summed E-state index contributed by atoms with van der Waals surface area (Å²) in [6, 6.07) is 0. The van der Waals surface area contributed by atoms with E-state index in [0.717, 1.165) is 25.9 Å². The Bertz CT molecular complexity index is 49.0. The topological polar surface area (TPSA) is 52.5 Å². The highest BCUT2D eigenvalue weighted by molar-refractivity contribution is 5.85. The Morgan fingerprint density at radius 2 is 1.30 bits per heavy atom. The van der Waals surface area contributed by atoms with E-state index >= 15 is 0 Å². The predicted octanol–water partition coefficient (Wildman–Crippen LogP) is -0.237. The van der Waals surface area contributed by atoms with Crippen molar-refractivity contribution in [3.8, 4) is 0 Å². The van der Waals surface area contributed by atoms with Crippen LogP contribution in [0.5, 0.6) is 0 Å². The fourth-order valence-corrected chi connectivity index (χ4v) is 0.533. The van der Waals surface area contributed by atoms with Gasteiger partial charge in [0.15, 0.2) is 0 Å². The van der Waals surface area contributed by atoms with Crippen LogP contribution in [0.2, 0.25) is 0 Å². The number of hydrogen-bond acceptors (Lipinski definition) is 3. The van der Waals surface area contributed by atoms with Crippen LogP contribution in [0.4, 0.5) is 0 Å². The summed E-state index contributed by atoms with van der Waals surface area (Å²) < 4.78 is 0. The third kappa shape index (κ3) is 11.0. The van der Waals surface area contributed by atoms with Gasteiger partial charge in [-0.1, -0.05) is 0 Å². The van der Waals surface area contributed by atoms with Crippen molar-refractivity contribution in [2.45, 2.75) is 12.8 Å². The molecule has 64 valence electrons. The second kappa shape index (κ2) is 11.9. The largest absolute Gasteiger partial charge is 0.396 e. The van der Waals surface area contributed by atoms with Gasteiger partial charge in [-0.3, -0.25) is 0 Å². The first-order valence-electron chi connectivity index (χ1n) is 3.34. The van der Waals surface area contributed by atoms with Crippen LogP contribution in [0, 0.1) is 0 Å². The molecule has 0 bridgehead atoms. The quantitative estimate of drug-likeness (QED) is 0.482. The summed E-state index contributed by atoms with van der Waals surface area (Å²) in [5, 5.41) is 19.7. The third-order valence-corrected chi connectivity index (χ3v) is 1.02. The van der Waals surface area contributed by atoms with Crippen molar-refractivity contribution in [3.05, 3.63) is 0 Å². The summed E-state index contributed by atoms with van der Waals surface area (Å²) in [6.07, 6.45) is 1.59. The van der Waals surface area contributed by atoms with E-state index in [2.05, 4.69) is 5.32 Å². The van der Waals surface area contributed by atoms with Crippen LogP contribution in [0.3, 0.4) is 0 Å². The summed E-state index contributed by atoms with van der Waals surface area (Å²) >= 11 is 0. The maximum Gasteiger partial charge on any atom is 0.0443 e. The Balaban J connectivity index is 0. The van der Waals surface area contributed by atoms with Crippen molar-refractivity contribution < 1.29 is 10.2 Å². The Kier molecular flexibility index (Phi) is 15.3. The van der Waals surface area contributed by atoms with E-state index in [1.807, 2.05) is 0 Å². The maximum atomic E-state index is 8.33. The van der Waals surface area contributed by atoms with Crippen molar-refractivity contribution in [1.29, 1.82) is 0 Å². The average Bonchev–Trinajstić information content (AvgIpc) is 1.89. The fourth-order valence-electron chi connectivity index (χ4n) is 0.533. The molecule has 0 aromatic heterocycles. The van der Waals surface area contributed by atoms with Gasteiger partial charge in [0.2, 0.25) is 0 Å². The van der Waals surface area contributed by atoms with E-state index in [9.17, 15) is 0 Å². The molecule has 0 unspecified atom stereocenters. The normalized spacial score (nSPS) is 9.00. The minimum atomic E-state index is 0. The van der Waals surface area contributed by atoms with Gasteiger partial charge in [-0.15, -0.1) is 12.4 Å². The van der Waals surface area contributed by atoms with E-state index in [1.165, 1.54) is 0 Å². The Morgan fingerprint density at radius 1 is 0.900 bits per heavy atom. The first-order chi connectivity index (χ1) is 4.41. The summed E-state index contributed by atoms with van der Waals surface area (Å²) in [6.45, 7) is 2.17. The van der Waals surface area contributed by atoms with E-state index < -0.39 is 0 Å². The second-order valence-electron chi connectivity index (χ2n) is 1.90. The number of aliphatic hydroxyl groups is 2. The lowest BCUT2D eigenvalue weighted by Gasteiger charge is -1.99. The highest BCUT2D eigenvalue weighted by Crippen LogP contribution is 1.74. The molecule has 0 heterocycles. The third-order valence-electron chi connectivity index (χ3n) is 1.02. The summed E-state index contributed by atoms with van der Waals surface area (Å²) in [5.41, 5.74) is 0. The predicted molar refractivity (Wildman–Crippen MR) is 43.5 cm³/mol. The molecule has 4 heteroatoms. The van der Waals surface area contributed by atoms with Crippen LogP contribution in [-0.4, -0.2) is 36.5 Å². The first kappa shape index (κ1) is 12.8. The second-order valence-corrected chi connectivity index (χ2v) is 1.90. The number of hydrogen-bond donors (Lipinski definition) is 3. The molecule has 0 aromatic carbocycles. The van der Waals surface area contributed by atoms with Crippen molar-refractivity contribution in [1.82, 2.24) is 5.32 Å². The molecule has 0 aliphatic rings. The molecule has 0 radical (unpaired) electrons. The molecule has 0 saturated carbocycles. The van der Waals surface area contributed by atoms with Crippen molar-refractivity contribution in [2.75, 3.05) is 26.3 Å². The standard InChI is InChI=1S/C6H15NO2.ClH/c8-5-1-3-7-4-2-6-9;/h7-9H,1-6H2;1H. The van der Waals surface area contributed by atoms with Crippen LogP contribution >= 0.6 is 12.4 Å². The molecule has 0 rings (SSSR count). The Morgan fingerprint density at radius 3 is 1.60 bits per heavy atom. The summed E-state index contributed by atoms with van der Waals surface area (Å²) in [5.74, 6) is 0. The van der Waals surface area contributed by atoms with Crippen LogP contribution in [0.1, 0.15) is 12.8 Å². The zero-order valence-corrected chi connectivity index (χ0v) is 6.86. The van der Waals surface area contributed by atoms with Crippen LogP contribution in [0.15, 0.2) is 0 Å². The molecular weight excluding hydrogens is 154 g/mol. The molecule has 0 amide bonds. The van der Waals surface area contributed by atoms with Crippen LogP contribution in [0.25, 0.3) is 0 Å². The molecule has 0 aliphatic heterocycles. The molecule has 3 nitrogen and oxygen atoms in total. The van der Waals surface area contributed by atoms with E-state index in [4.69, 9.17) is 10.2 Å². The summed E-state index contributed by atoms with van der Waals surface area (Å²) in [4.78, 5) is 0. The van der Waals surface area contributed by atoms with Gasteiger partial charge < -0.3 is 15.5 Å². The Hall–Kier alpha value is 0.170. The smallest absolute Gasteiger partial charge is 0.0443 e. The molecule has 0 saturated heterocycles. The lowest BCUT2D eigenvalue weighted by atomic mass is 10.4. The number of rotatable bonds is 6. The molecule has 0 spiro atoms. The zero-order chi connectivity index (χ0) is 6.95. The average molecular weight is 170 g/mol. The number of aliphatic hydroxyl groups excluding tert-OH is 2. The number of halogens is 1. The van der Waals surface area contributed by atoms with Gasteiger partial charge in [-0.25, -0.2) is 0 Å². The highest BCUT2D eigenvalue weighted by Gasteiger charge is 1.84. The Labute approximate surface area is 67.9 Å². The van der Waals surface area contributed by atoms with Crippen molar-refractivity contribution >= 4 is 12.4 Å². The fraction of sp³-hybridized carbons (Fsp3) is 1.00. The monoisotopic (exact) mass is 169 g/mol. The first-order valence-corrected chi connectivity index (χ1v) is 3.34. The van der Waals surface area contributed by atoms with Crippen molar-refractivity contribution in [3.63, 3.8) is 0 Å². The van der Waals surface area contributed by atoms with E-state index in [1.54, 1.807) is 0 Å². The lowest BCUT2D eigenvalue weighted by Crippen LogP contribution is -2.18. The van der Waals surface area contributed by atoms with Gasteiger partial charge in [0.05, 0.1) is 0 Å². The maximum absolute atomic E-state index is 8.33. The van der Waals surface area contributed by atoms with Gasteiger partial charge in [0.1, 0.15) is 0 Å². The summed E-state index contributed by atoms with van der Waals surface area (Å²) in [7, 11) is 0. The lowest BCUT2D eigenvalue weighted by molar-refractivity contribution is 0.276. The molecule has 0 aromatic rings. The molecule has 3 N–H and O–H groups in total. The van der Waals surface area contributed by atoms with E-state index in [0.29, 0.717) is 0 Å². The SMILES string of the molecule is Cl.OCCCNCCCO. The van der Waals surface area contributed by atoms with Gasteiger partial charge in [-0.05, 0) is 25.9 Å². The molecule has 0 atom stereocenters. The highest BCUT2D eigenvalue weighted by atomic mass is 35.5. The molecule has 0 fully saturated rings. The van der Waals surface area contributed by atoms with Crippen LogP contribution in [-0.2, 0) is 0 Å². The van der Waals surface area contributed by atoms with Crippen molar-refractivity contribution in [2.24, 2.45) is 0 Å². The molecule has 0 aliphatic carbocycles. The van der Waals surface area contributed by atoms with Crippen LogP contribution < -0.4 is 5.32 Å². The number of nitrogens with one attached hydrogen (secondary N) is 1. The van der Waals surface area contributed by atoms with Gasteiger partial charge in [0.25, 0.3) is 0 Å². The van der Waals surface area contributed by atoms with Gasteiger partial charge in [-0.2, -0.15) is 0 Å². The molecule has 10 heavy (non-hydrogen) atoms. The van der Waals surface area contributed by atoms with Gasteiger partial charge >= 0.3 is 0 Å². The van der Waals surface area contributed by atoms with Gasteiger partial charge in [0, 0.05) is 13.2 Å². The minimum Gasteiger partial charge on any atom is -0.396 e. The minimum absolute atomic E-state index is 0. The van der Waals surface area contributed by atoms with E-state index in [-0.39, 0.29) is 25.6 Å². The molecular formula is C6H16ClNO2.